The molecule has 1 fully saturated rings. The minimum Gasteiger partial charge on any atom is -0.344 e. The van der Waals surface area contributed by atoms with Crippen molar-refractivity contribution in [3.8, 4) is 0 Å². The summed E-state index contributed by atoms with van der Waals surface area (Å²) in [6, 6.07) is 6.56. The second-order valence-electron chi connectivity index (χ2n) is 5.71. The van der Waals surface area contributed by atoms with Gasteiger partial charge in [-0.15, -0.1) is 0 Å². The van der Waals surface area contributed by atoms with Gasteiger partial charge in [0.15, 0.2) is 0 Å². The van der Waals surface area contributed by atoms with Crippen LogP contribution in [0.3, 0.4) is 0 Å². The molecule has 6 nitrogen and oxygen atoms in total. The molecule has 2 aromatic rings. The van der Waals surface area contributed by atoms with E-state index >= 15 is 0 Å². The van der Waals surface area contributed by atoms with Crippen molar-refractivity contribution >= 4 is 5.95 Å². The molecule has 0 saturated carbocycles. The van der Waals surface area contributed by atoms with E-state index in [0.29, 0.717) is 24.4 Å². The Morgan fingerprint density at radius 1 is 1.33 bits per heavy atom. The first-order valence-corrected chi connectivity index (χ1v) is 7.31. The quantitative estimate of drug-likeness (QED) is 0.859. The van der Waals surface area contributed by atoms with E-state index in [1.807, 2.05) is 32.0 Å². The molecule has 1 saturated heterocycles. The Hall–Kier alpha value is -1.95. The van der Waals surface area contributed by atoms with Crippen molar-refractivity contribution in [3.05, 3.63) is 35.5 Å². The Kier molecular flexibility index (Phi) is 3.88. The van der Waals surface area contributed by atoms with Crippen molar-refractivity contribution in [1.29, 1.82) is 0 Å². The van der Waals surface area contributed by atoms with Crippen LogP contribution >= 0.6 is 0 Å². The third-order valence-corrected chi connectivity index (χ3v) is 3.81. The van der Waals surface area contributed by atoms with E-state index in [2.05, 4.69) is 32.2 Å². The lowest BCUT2D eigenvalue weighted by molar-refractivity contribution is 0.209. The molecular formula is C15H21N5O. The van der Waals surface area contributed by atoms with Crippen LogP contribution in [0.15, 0.2) is 22.7 Å². The largest absolute Gasteiger partial charge is 0.344 e. The predicted octanol–water partition coefficient (Wildman–Crippen LogP) is 2.18. The first-order valence-electron chi connectivity index (χ1n) is 7.31. The maximum atomic E-state index is 5.33. The van der Waals surface area contributed by atoms with Gasteiger partial charge in [0.25, 0.3) is 5.95 Å². The molecule has 112 valence electrons. The van der Waals surface area contributed by atoms with Crippen LogP contribution in [0.1, 0.15) is 36.2 Å². The summed E-state index contributed by atoms with van der Waals surface area (Å²) >= 11 is 0. The van der Waals surface area contributed by atoms with Crippen LogP contribution < -0.4 is 4.90 Å². The van der Waals surface area contributed by atoms with Crippen LogP contribution in [0.5, 0.6) is 0 Å². The lowest BCUT2D eigenvalue weighted by atomic mass is 10.1. The van der Waals surface area contributed by atoms with Gasteiger partial charge < -0.3 is 9.42 Å². The van der Waals surface area contributed by atoms with E-state index in [-0.39, 0.29) is 0 Å². The summed E-state index contributed by atoms with van der Waals surface area (Å²) in [7, 11) is 3.81. The van der Waals surface area contributed by atoms with Gasteiger partial charge in [-0.3, -0.25) is 9.88 Å². The van der Waals surface area contributed by atoms with Gasteiger partial charge >= 0.3 is 0 Å². The fourth-order valence-electron chi connectivity index (χ4n) is 2.77. The zero-order valence-corrected chi connectivity index (χ0v) is 12.8. The predicted molar refractivity (Wildman–Crippen MR) is 80.0 cm³/mol. The second kappa shape index (κ2) is 5.81. The number of nitrogens with zero attached hydrogens (tertiary/aromatic N) is 5. The van der Waals surface area contributed by atoms with Gasteiger partial charge in [-0.25, -0.2) is 0 Å². The molecule has 0 aliphatic carbocycles. The summed E-state index contributed by atoms with van der Waals surface area (Å²) in [4.78, 5) is 13.3. The topological polar surface area (TPSA) is 58.3 Å². The molecule has 21 heavy (non-hydrogen) atoms. The van der Waals surface area contributed by atoms with Crippen LogP contribution in [0.4, 0.5) is 5.95 Å². The zero-order valence-electron chi connectivity index (χ0n) is 12.8. The highest BCUT2D eigenvalue weighted by Gasteiger charge is 2.28. The van der Waals surface area contributed by atoms with Crippen LogP contribution in [0.25, 0.3) is 0 Å². The highest BCUT2D eigenvalue weighted by atomic mass is 16.5. The number of anilines is 1. The summed E-state index contributed by atoms with van der Waals surface area (Å²) < 4.78 is 5.33. The standard InChI is InChI=1S/C15H21N5O/c1-11-6-4-7-12(16-11)13-8-5-9-20(13)10-14-17-15(18-21-14)19(2)3/h4,6-7,13H,5,8-10H2,1-3H3/t13-/m0/s1. The van der Waals surface area contributed by atoms with Crippen molar-refractivity contribution in [1.82, 2.24) is 20.0 Å². The number of aryl methyl sites for hydroxylation is 1. The van der Waals surface area contributed by atoms with E-state index in [9.17, 15) is 0 Å². The number of pyridine rings is 1. The Morgan fingerprint density at radius 3 is 2.90 bits per heavy atom. The van der Waals surface area contributed by atoms with Gasteiger partial charge in [0.05, 0.1) is 18.3 Å². The fraction of sp³-hybridized carbons (Fsp3) is 0.533. The molecule has 2 aromatic heterocycles. The monoisotopic (exact) mass is 287 g/mol. The molecule has 1 atom stereocenters. The third kappa shape index (κ3) is 3.05. The minimum absolute atomic E-state index is 0.347. The van der Waals surface area contributed by atoms with E-state index in [0.717, 1.165) is 24.4 Å². The van der Waals surface area contributed by atoms with Crippen molar-refractivity contribution in [3.63, 3.8) is 0 Å². The molecule has 1 aliphatic heterocycles. The van der Waals surface area contributed by atoms with Gasteiger partial charge in [-0.2, -0.15) is 4.98 Å². The van der Waals surface area contributed by atoms with Crippen LogP contribution in [-0.2, 0) is 6.54 Å². The lowest BCUT2D eigenvalue weighted by Gasteiger charge is -2.22. The molecule has 0 spiro atoms. The van der Waals surface area contributed by atoms with Crippen molar-refractivity contribution < 1.29 is 4.52 Å². The molecular weight excluding hydrogens is 266 g/mol. The van der Waals surface area contributed by atoms with Crippen molar-refractivity contribution in [2.75, 3.05) is 25.5 Å². The Morgan fingerprint density at radius 2 is 2.19 bits per heavy atom. The number of rotatable bonds is 4. The van der Waals surface area contributed by atoms with Crippen molar-refractivity contribution in [2.24, 2.45) is 0 Å². The van der Waals surface area contributed by atoms with Gasteiger partial charge in [0.1, 0.15) is 0 Å². The average molecular weight is 287 g/mol. The average Bonchev–Trinajstić information content (AvgIpc) is 3.08. The lowest BCUT2D eigenvalue weighted by Crippen LogP contribution is -2.23. The SMILES string of the molecule is Cc1cccc([C@@H]2CCCN2Cc2nc(N(C)C)no2)n1. The molecule has 6 heteroatoms. The zero-order chi connectivity index (χ0) is 14.8. The molecule has 1 aliphatic rings. The second-order valence-corrected chi connectivity index (χ2v) is 5.71. The smallest absolute Gasteiger partial charge is 0.265 e. The molecule has 0 amide bonds. The third-order valence-electron chi connectivity index (χ3n) is 3.81. The number of hydrogen-bond donors (Lipinski definition) is 0. The maximum absolute atomic E-state index is 5.33. The summed E-state index contributed by atoms with van der Waals surface area (Å²) in [6.07, 6.45) is 2.31. The molecule has 0 aromatic carbocycles. The molecule has 3 rings (SSSR count). The first kappa shape index (κ1) is 14.0. The van der Waals surface area contributed by atoms with Gasteiger partial charge in [0.2, 0.25) is 5.89 Å². The number of likely N-dealkylation sites (tertiary alicyclic amines) is 1. The summed E-state index contributed by atoms with van der Waals surface area (Å²) in [5, 5.41) is 3.97. The van der Waals surface area contributed by atoms with Crippen LogP contribution in [0, 0.1) is 6.92 Å². The Bertz CT molecular complexity index is 610. The molecule has 0 N–H and O–H groups in total. The summed E-state index contributed by atoms with van der Waals surface area (Å²) in [5.74, 6) is 1.28. The number of aromatic nitrogens is 3. The Labute approximate surface area is 124 Å². The Balaban J connectivity index is 1.74. The summed E-state index contributed by atoms with van der Waals surface area (Å²) in [6.45, 7) is 3.76. The van der Waals surface area contributed by atoms with Crippen LogP contribution in [0.2, 0.25) is 0 Å². The van der Waals surface area contributed by atoms with Gasteiger partial charge in [0, 0.05) is 19.8 Å². The summed E-state index contributed by atoms with van der Waals surface area (Å²) in [5.41, 5.74) is 2.20. The highest BCUT2D eigenvalue weighted by Crippen LogP contribution is 2.32. The van der Waals surface area contributed by atoms with Gasteiger partial charge in [-0.1, -0.05) is 6.07 Å². The minimum atomic E-state index is 0.347. The van der Waals surface area contributed by atoms with E-state index < -0.39 is 0 Å². The van der Waals surface area contributed by atoms with Crippen molar-refractivity contribution in [2.45, 2.75) is 32.4 Å². The number of hydrogen-bond acceptors (Lipinski definition) is 6. The van der Waals surface area contributed by atoms with Crippen LogP contribution in [-0.4, -0.2) is 40.7 Å². The highest BCUT2D eigenvalue weighted by molar-refractivity contribution is 5.23. The normalized spacial score (nSPS) is 19.1. The van der Waals surface area contributed by atoms with E-state index in [4.69, 9.17) is 4.52 Å². The molecule has 0 bridgehead atoms. The first-order chi connectivity index (χ1) is 10.1. The molecule has 3 heterocycles. The molecule has 0 radical (unpaired) electrons. The van der Waals surface area contributed by atoms with E-state index in [1.165, 1.54) is 6.42 Å². The fourth-order valence-corrected chi connectivity index (χ4v) is 2.77. The van der Waals surface area contributed by atoms with Gasteiger partial charge in [-0.05, 0) is 43.6 Å². The maximum Gasteiger partial charge on any atom is 0.265 e. The van der Waals surface area contributed by atoms with E-state index in [1.54, 1.807) is 0 Å². The molecule has 0 unspecified atom stereocenters.